The van der Waals surface area contributed by atoms with Gasteiger partial charge in [-0.1, -0.05) is 15.9 Å². The van der Waals surface area contributed by atoms with Gasteiger partial charge in [-0.2, -0.15) is 4.31 Å². The molecule has 1 fully saturated rings. The van der Waals surface area contributed by atoms with E-state index in [9.17, 15) is 8.42 Å². The van der Waals surface area contributed by atoms with Gasteiger partial charge in [0, 0.05) is 24.2 Å². The van der Waals surface area contributed by atoms with E-state index in [4.69, 9.17) is 5.11 Å². The third-order valence-corrected chi connectivity index (χ3v) is 5.88. The molecule has 1 aromatic carbocycles. The highest BCUT2D eigenvalue weighted by Crippen LogP contribution is 2.25. The first-order valence-corrected chi connectivity index (χ1v) is 8.64. The van der Waals surface area contributed by atoms with Gasteiger partial charge in [0.15, 0.2) is 0 Å². The fourth-order valence-electron chi connectivity index (χ4n) is 2.42. The van der Waals surface area contributed by atoms with Crippen molar-refractivity contribution in [2.24, 2.45) is 5.92 Å². The van der Waals surface area contributed by atoms with E-state index in [0.29, 0.717) is 24.4 Å². The van der Waals surface area contributed by atoms with Crippen LogP contribution in [0.3, 0.4) is 0 Å². The maximum Gasteiger partial charge on any atom is 0.243 e. The van der Waals surface area contributed by atoms with Crippen molar-refractivity contribution in [1.82, 2.24) is 4.31 Å². The molecular formula is C13H18BrNO3S. The summed E-state index contributed by atoms with van der Waals surface area (Å²) in [5, 5.41) is 8.98. The van der Waals surface area contributed by atoms with Crippen LogP contribution < -0.4 is 0 Å². The molecule has 1 N–H and O–H groups in total. The fraction of sp³-hybridized carbons (Fsp3) is 0.538. The van der Waals surface area contributed by atoms with Crippen molar-refractivity contribution in [2.45, 2.75) is 24.2 Å². The molecular weight excluding hydrogens is 330 g/mol. The molecule has 1 saturated heterocycles. The van der Waals surface area contributed by atoms with E-state index in [1.807, 2.05) is 0 Å². The fourth-order valence-corrected chi connectivity index (χ4v) is 4.24. The van der Waals surface area contributed by atoms with Crippen molar-refractivity contribution in [3.63, 3.8) is 0 Å². The van der Waals surface area contributed by atoms with Crippen LogP contribution in [0.4, 0.5) is 0 Å². The number of aliphatic hydroxyl groups is 1. The van der Waals surface area contributed by atoms with Gasteiger partial charge < -0.3 is 5.11 Å². The first-order valence-electron chi connectivity index (χ1n) is 6.40. The standard InChI is InChI=1S/C13H18BrNO3S/c14-12-3-5-13(6-4-12)19(17,18)15-8-1-2-11(10-15)7-9-16/h3-6,11,16H,1-2,7-10H2. The van der Waals surface area contributed by atoms with Gasteiger partial charge in [-0.3, -0.25) is 0 Å². The first-order chi connectivity index (χ1) is 9.04. The predicted molar refractivity (Wildman–Crippen MR) is 77.3 cm³/mol. The zero-order chi connectivity index (χ0) is 13.9. The Morgan fingerprint density at radius 1 is 1.32 bits per heavy atom. The van der Waals surface area contributed by atoms with E-state index >= 15 is 0 Å². The van der Waals surface area contributed by atoms with E-state index < -0.39 is 10.0 Å². The molecule has 0 amide bonds. The van der Waals surface area contributed by atoms with Crippen LogP contribution >= 0.6 is 15.9 Å². The Hall–Kier alpha value is -0.430. The molecule has 1 heterocycles. The summed E-state index contributed by atoms with van der Waals surface area (Å²) in [5.74, 6) is 0.268. The van der Waals surface area contributed by atoms with Crippen molar-refractivity contribution < 1.29 is 13.5 Å². The van der Waals surface area contributed by atoms with Gasteiger partial charge in [-0.25, -0.2) is 8.42 Å². The molecule has 1 unspecified atom stereocenters. The number of benzene rings is 1. The van der Waals surface area contributed by atoms with E-state index in [1.165, 1.54) is 0 Å². The maximum atomic E-state index is 12.5. The lowest BCUT2D eigenvalue weighted by Gasteiger charge is -2.31. The molecule has 1 aliphatic rings. The number of piperidine rings is 1. The average molecular weight is 348 g/mol. The number of halogens is 1. The molecule has 0 spiro atoms. The molecule has 1 aliphatic heterocycles. The Morgan fingerprint density at radius 3 is 2.63 bits per heavy atom. The van der Waals surface area contributed by atoms with Crippen LogP contribution in [0.15, 0.2) is 33.6 Å². The van der Waals surface area contributed by atoms with E-state index in [1.54, 1.807) is 28.6 Å². The largest absolute Gasteiger partial charge is 0.396 e. The van der Waals surface area contributed by atoms with Crippen LogP contribution in [-0.2, 0) is 10.0 Å². The van der Waals surface area contributed by atoms with Gasteiger partial charge in [0.05, 0.1) is 4.90 Å². The quantitative estimate of drug-likeness (QED) is 0.908. The molecule has 1 aromatic rings. The van der Waals surface area contributed by atoms with Gasteiger partial charge >= 0.3 is 0 Å². The highest BCUT2D eigenvalue weighted by Gasteiger charge is 2.29. The summed E-state index contributed by atoms with van der Waals surface area (Å²) >= 11 is 3.30. The van der Waals surface area contributed by atoms with Crippen LogP contribution in [-0.4, -0.2) is 37.5 Å². The van der Waals surface area contributed by atoms with Crippen molar-refractivity contribution in [3.05, 3.63) is 28.7 Å². The zero-order valence-corrected chi connectivity index (χ0v) is 13.0. The van der Waals surface area contributed by atoms with E-state index in [0.717, 1.165) is 17.3 Å². The first kappa shape index (κ1) is 15.0. The number of sulfonamides is 1. The third-order valence-electron chi connectivity index (χ3n) is 3.47. The minimum Gasteiger partial charge on any atom is -0.396 e. The number of nitrogens with zero attached hydrogens (tertiary/aromatic N) is 1. The number of hydrogen-bond acceptors (Lipinski definition) is 3. The number of aliphatic hydroxyl groups excluding tert-OH is 1. The normalized spacial score (nSPS) is 21.5. The summed E-state index contributed by atoms with van der Waals surface area (Å²) in [6, 6.07) is 6.72. The molecule has 106 valence electrons. The topological polar surface area (TPSA) is 57.6 Å². The Kier molecular flexibility index (Phi) is 5.00. The highest BCUT2D eigenvalue weighted by atomic mass is 79.9. The Morgan fingerprint density at radius 2 is 2.00 bits per heavy atom. The second-order valence-electron chi connectivity index (χ2n) is 4.84. The van der Waals surface area contributed by atoms with Gasteiger partial charge in [-0.05, 0) is 49.4 Å². The minimum absolute atomic E-state index is 0.122. The number of hydrogen-bond donors (Lipinski definition) is 1. The average Bonchev–Trinajstić information content (AvgIpc) is 2.40. The van der Waals surface area contributed by atoms with Crippen molar-refractivity contribution in [3.8, 4) is 0 Å². The molecule has 0 aliphatic carbocycles. The van der Waals surface area contributed by atoms with E-state index in [2.05, 4.69) is 15.9 Å². The zero-order valence-electron chi connectivity index (χ0n) is 10.6. The summed E-state index contributed by atoms with van der Waals surface area (Å²) in [5.41, 5.74) is 0. The van der Waals surface area contributed by atoms with Gasteiger partial charge in [0.25, 0.3) is 0 Å². The molecule has 1 atom stereocenters. The summed E-state index contributed by atoms with van der Waals surface area (Å²) in [7, 11) is -3.40. The molecule has 4 nitrogen and oxygen atoms in total. The smallest absolute Gasteiger partial charge is 0.243 e. The van der Waals surface area contributed by atoms with Crippen LogP contribution in [0, 0.1) is 5.92 Å². The lowest BCUT2D eigenvalue weighted by Crippen LogP contribution is -2.40. The summed E-state index contributed by atoms with van der Waals surface area (Å²) in [6.45, 7) is 1.20. The van der Waals surface area contributed by atoms with Crippen LogP contribution in [0.5, 0.6) is 0 Å². The maximum absolute atomic E-state index is 12.5. The number of rotatable bonds is 4. The van der Waals surface area contributed by atoms with Crippen molar-refractivity contribution in [2.75, 3.05) is 19.7 Å². The monoisotopic (exact) mass is 347 g/mol. The van der Waals surface area contributed by atoms with Crippen molar-refractivity contribution >= 4 is 26.0 Å². The summed E-state index contributed by atoms with van der Waals surface area (Å²) in [6.07, 6.45) is 2.53. The van der Waals surface area contributed by atoms with Crippen LogP contribution in [0.25, 0.3) is 0 Å². The summed E-state index contributed by atoms with van der Waals surface area (Å²) < 4.78 is 27.4. The Labute approximate surface area is 122 Å². The molecule has 6 heteroatoms. The third kappa shape index (κ3) is 3.56. The van der Waals surface area contributed by atoms with E-state index in [-0.39, 0.29) is 12.5 Å². The summed E-state index contributed by atoms with van der Waals surface area (Å²) in [4.78, 5) is 0.334. The molecule has 0 saturated carbocycles. The lowest BCUT2D eigenvalue weighted by atomic mass is 9.97. The van der Waals surface area contributed by atoms with Crippen molar-refractivity contribution in [1.29, 1.82) is 0 Å². The molecule has 0 bridgehead atoms. The predicted octanol–water partition coefficient (Wildman–Crippen LogP) is 2.23. The molecule has 2 rings (SSSR count). The minimum atomic E-state index is -3.40. The SMILES string of the molecule is O=S(=O)(c1ccc(Br)cc1)N1CCCC(CCO)C1. The Balaban J connectivity index is 2.17. The molecule has 0 aromatic heterocycles. The molecule has 0 radical (unpaired) electrons. The lowest BCUT2D eigenvalue weighted by molar-refractivity contribution is 0.203. The van der Waals surface area contributed by atoms with Gasteiger partial charge in [0.2, 0.25) is 10.0 Å². The van der Waals surface area contributed by atoms with Crippen LogP contribution in [0.2, 0.25) is 0 Å². The highest BCUT2D eigenvalue weighted by molar-refractivity contribution is 9.10. The second kappa shape index (κ2) is 6.35. The second-order valence-corrected chi connectivity index (χ2v) is 7.69. The van der Waals surface area contributed by atoms with Crippen LogP contribution in [0.1, 0.15) is 19.3 Å². The van der Waals surface area contributed by atoms with Gasteiger partial charge in [0.1, 0.15) is 0 Å². The Bertz CT molecular complexity index is 513. The van der Waals surface area contributed by atoms with Gasteiger partial charge in [-0.15, -0.1) is 0 Å². The molecule has 19 heavy (non-hydrogen) atoms.